The van der Waals surface area contributed by atoms with Crippen LogP contribution in [0.25, 0.3) is 0 Å². The van der Waals surface area contributed by atoms with Crippen LogP contribution in [0.4, 0.5) is 10.7 Å². The summed E-state index contributed by atoms with van der Waals surface area (Å²) in [5.41, 5.74) is 2.93. The van der Waals surface area contributed by atoms with Crippen LogP contribution in [0.3, 0.4) is 0 Å². The molecule has 5 rings (SSSR count). The Morgan fingerprint density at radius 2 is 1.85 bits per heavy atom. The minimum atomic E-state index is -0.607. The summed E-state index contributed by atoms with van der Waals surface area (Å²) in [5.74, 6) is 0.308. The lowest BCUT2D eigenvalue weighted by atomic mass is 9.88. The second-order valence-electron chi connectivity index (χ2n) is 8.37. The number of hydrogen-bond donors (Lipinski definition) is 2. The SMILES string of the molecule is C[C@H]1CCc2c(sc3c2C(=O)N[C@@H](c2ccc(OC(=O)c4ccc([N+](=O)[O-])cc4)cc2)N3)C1. The molecule has 0 radical (unpaired) electrons. The monoisotopic (exact) mass is 463 g/mol. The molecular formula is C24H21N3O5S. The maximum atomic E-state index is 12.9. The first-order chi connectivity index (χ1) is 15.9. The lowest BCUT2D eigenvalue weighted by Crippen LogP contribution is -2.38. The largest absolute Gasteiger partial charge is 0.423 e. The third-order valence-electron chi connectivity index (χ3n) is 6.03. The molecule has 1 aliphatic carbocycles. The van der Waals surface area contributed by atoms with Gasteiger partial charge in [-0.15, -0.1) is 11.3 Å². The number of nitro benzene ring substituents is 1. The van der Waals surface area contributed by atoms with Crippen molar-refractivity contribution in [3.63, 3.8) is 0 Å². The van der Waals surface area contributed by atoms with E-state index in [-0.39, 0.29) is 23.3 Å². The van der Waals surface area contributed by atoms with E-state index < -0.39 is 10.9 Å². The fourth-order valence-corrected chi connectivity index (χ4v) is 5.68. The van der Waals surface area contributed by atoms with Crippen molar-refractivity contribution in [2.24, 2.45) is 5.92 Å². The van der Waals surface area contributed by atoms with Crippen LogP contribution in [0.5, 0.6) is 5.75 Å². The summed E-state index contributed by atoms with van der Waals surface area (Å²) in [7, 11) is 0. The van der Waals surface area contributed by atoms with Crippen LogP contribution in [-0.4, -0.2) is 16.8 Å². The van der Waals surface area contributed by atoms with E-state index in [1.54, 1.807) is 35.6 Å². The number of benzene rings is 2. The average molecular weight is 464 g/mol. The molecule has 0 saturated heterocycles. The summed E-state index contributed by atoms with van der Waals surface area (Å²) >= 11 is 1.67. The van der Waals surface area contributed by atoms with Crippen molar-refractivity contribution in [1.29, 1.82) is 0 Å². The number of nitrogens with zero attached hydrogens (tertiary/aromatic N) is 1. The summed E-state index contributed by atoms with van der Waals surface area (Å²) in [6.45, 7) is 2.24. The zero-order chi connectivity index (χ0) is 23.1. The Bertz CT molecular complexity index is 1250. The van der Waals surface area contributed by atoms with Crippen LogP contribution in [0.15, 0.2) is 48.5 Å². The number of nitrogens with one attached hydrogen (secondary N) is 2. The van der Waals surface area contributed by atoms with Gasteiger partial charge in [-0.3, -0.25) is 14.9 Å². The van der Waals surface area contributed by atoms with E-state index in [2.05, 4.69) is 17.6 Å². The molecule has 0 fully saturated rings. The lowest BCUT2D eigenvalue weighted by molar-refractivity contribution is -0.384. The van der Waals surface area contributed by atoms with Crippen molar-refractivity contribution >= 4 is 33.9 Å². The number of anilines is 1. The molecule has 2 aromatic carbocycles. The van der Waals surface area contributed by atoms with Gasteiger partial charge in [0.25, 0.3) is 11.6 Å². The number of thiophene rings is 1. The normalized spacial score (nSPS) is 19.0. The number of esters is 1. The summed E-state index contributed by atoms with van der Waals surface area (Å²) in [4.78, 5) is 36.7. The molecule has 0 saturated carbocycles. The second kappa shape index (κ2) is 8.32. The third-order valence-corrected chi connectivity index (χ3v) is 7.21. The first kappa shape index (κ1) is 21.1. The molecule has 168 valence electrons. The quantitative estimate of drug-likeness (QED) is 0.248. The maximum Gasteiger partial charge on any atom is 0.343 e. The number of amides is 1. The molecule has 1 aliphatic heterocycles. The molecule has 0 unspecified atom stereocenters. The maximum absolute atomic E-state index is 12.9. The minimum Gasteiger partial charge on any atom is -0.423 e. The first-order valence-corrected chi connectivity index (χ1v) is 11.5. The minimum absolute atomic E-state index is 0.0607. The number of carbonyl (C=O) groups is 2. The molecule has 2 atom stereocenters. The van der Waals surface area contributed by atoms with Gasteiger partial charge in [0.05, 0.1) is 16.1 Å². The fraction of sp³-hybridized carbons (Fsp3) is 0.250. The summed E-state index contributed by atoms with van der Waals surface area (Å²) in [6, 6.07) is 12.1. The molecule has 1 aromatic heterocycles. The van der Waals surface area contributed by atoms with Crippen molar-refractivity contribution < 1.29 is 19.2 Å². The fourth-order valence-electron chi connectivity index (χ4n) is 4.24. The van der Waals surface area contributed by atoms with Crippen LogP contribution in [0.1, 0.15) is 56.2 Å². The van der Waals surface area contributed by atoms with Crippen molar-refractivity contribution in [1.82, 2.24) is 5.32 Å². The van der Waals surface area contributed by atoms with Gasteiger partial charge in [0.15, 0.2) is 0 Å². The van der Waals surface area contributed by atoms with Crippen LogP contribution < -0.4 is 15.4 Å². The zero-order valence-corrected chi connectivity index (χ0v) is 18.6. The smallest absolute Gasteiger partial charge is 0.343 e. The van der Waals surface area contributed by atoms with Crippen molar-refractivity contribution in [3.8, 4) is 5.75 Å². The summed E-state index contributed by atoms with van der Waals surface area (Å²) < 4.78 is 5.37. The first-order valence-electron chi connectivity index (χ1n) is 10.7. The average Bonchev–Trinajstić information content (AvgIpc) is 3.17. The summed E-state index contributed by atoms with van der Waals surface area (Å²) in [6.07, 6.45) is 2.69. The van der Waals surface area contributed by atoms with E-state index in [1.807, 2.05) is 0 Å². The van der Waals surface area contributed by atoms with E-state index in [0.717, 1.165) is 35.4 Å². The predicted molar refractivity (Wildman–Crippen MR) is 124 cm³/mol. The number of rotatable bonds is 4. The molecule has 8 nitrogen and oxygen atoms in total. The Hall–Kier alpha value is -3.72. The molecule has 3 aromatic rings. The second-order valence-corrected chi connectivity index (χ2v) is 9.47. The van der Waals surface area contributed by atoms with Crippen LogP contribution in [0, 0.1) is 16.0 Å². The van der Waals surface area contributed by atoms with E-state index in [9.17, 15) is 19.7 Å². The van der Waals surface area contributed by atoms with Gasteiger partial charge in [0.2, 0.25) is 0 Å². The van der Waals surface area contributed by atoms with E-state index in [4.69, 9.17) is 4.74 Å². The van der Waals surface area contributed by atoms with E-state index in [1.165, 1.54) is 34.7 Å². The lowest BCUT2D eigenvalue weighted by Gasteiger charge is -2.27. The van der Waals surface area contributed by atoms with E-state index in [0.29, 0.717) is 11.7 Å². The third kappa shape index (κ3) is 4.07. The van der Waals surface area contributed by atoms with Gasteiger partial charge in [0, 0.05) is 17.0 Å². The number of ether oxygens (including phenoxy) is 1. The topological polar surface area (TPSA) is 111 Å². The van der Waals surface area contributed by atoms with Crippen LogP contribution in [-0.2, 0) is 12.8 Å². The Balaban J connectivity index is 1.28. The highest BCUT2D eigenvalue weighted by Crippen LogP contribution is 2.42. The predicted octanol–water partition coefficient (Wildman–Crippen LogP) is 4.85. The highest BCUT2D eigenvalue weighted by atomic mass is 32.1. The zero-order valence-electron chi connectivity index (χ0n) is 17.8. The summed E-state index contributed by atoms with van der Waals surface area (Å²) in [5, 5.41) is 18.1. The molecule has 33 heavy (non-hydrogen) atoms. The highest BCUT2D eigenvalue weighted by molar-refractivity contribution is 7.16. The molecule has 0 bridgehead atoms. The van der Waals surface area contributed by atoms with Crippen LogP contribution in [0.2, 0.25) is 0 Å². The van der Waals surface area contributed by atoms with Crippen molar-refractivity contribution in [2.45, 2.75) is 32.4 Å². The highest BCUT2D eigenvalue weighted by Gasteiger charge is 2.33. The number of nitro groups is 1. The molecule has 2 aliphatic rings. The van der Waals surface area contributed by atoms with Gasteiger partial charge in [-0.05, 0) is 60.6 Å². The number of hydrogen-bond acceptors (Lipinski definition) is 7. The standard InChI is InChI=1S/C24H21N3O5S/c1-13-2-11-18-19(12-13)33-23-20(18)22(28)25-21(26-23)14-5-9-17(10-6-14)32-24(29)15-3-7-16(8-4-15)27(30)31/h3-10,13,21,26H,2,11-12H2,1H3,(H,25,28)/t13-,21+/m0/s1. The molecule has 2 N–H and O–H groups in total. The number of fused-ring (bicyclic) bond motifs is 3. The molecule has 1 amide bonds. The number of carbonyl (C=O) groups excluding carboxylic acids is 2. The number of non-ortho nitro benzene ring substituents is 1. The van der Waals surface area contributed by atoms with Crippen molar-refractivity contribution in [3.05, 3.63) is 85.8 Å². The van der Waals surface area contributed by atoms with Crippen molar-refractivity contribution in [2.75, 3.05) is 5.32 Å². The Morgan fingerprint density at radius 1 is 1.12 bits per heavy atom. The van der Waals surface area contributed by atoms with Crippen LogP contribution >= 0.6 is 11.3 Å². The molecule has 0 spiro atoms. The van der Waals surface area contributed by atoms with Gasteiger partial charge < -0.3 is 15.4 Å². The van der Waals surface area contributed by atoms with Gasteiger partial charge in [-0.1, -0.05) is 19.1 Å². The van der Waals surface area contributed by atoms with Gasteiger partial charge in [-0.25, -0.2) is 4.79 Å². The van der Waals surface area contributed by atoms with Gasteiger partial charge >= 0.3 is 5.97 Å². The Labute approximate surface area is 193 Å². The Morgan fingerprint density at radius 3 is 2.55 bits per heavy atom. The molecule has 2 heterocycles. The van der Waals surface area contributed by atoms with E-state index >= 15 is 0 Å². The van der Waals surface area contributed by atoms with Gasteiger partial charge in [-0.2, -0.15) is 0 Å². The molecule has 9 heteroatoms. The van der Waals surface area contributed by atoms with Gasteiger partial charge in [0.1, 0.15) is 16.9 Å². The Kier molecular flexibility index (Phi) is 5.33. The molecular weight excluding hydrogens is 442 g/mol.